The van der Waals surface area contributed by atoms with Crippen molar-refractivity contribution >= 4 is 11.3 Å². The van der Waals surface area contributed by atoms with Crippen LogP contribution in [0.4, 0.5) is 0 Å². The summed E-state index contributed by atoms with van der Waals surface area (Å²) in [5.74, 6) is 0.832. The second-order valence-corrected chi connectivity index (χ2v) is 4.38. The lowest BCUT2D eigenvalue weighted by atomic mass is 9.94. The quantitative estimate of drug-likeness (QED) is 0.572. The molecule has 0 spiro atoms. The molecule has 65 valence electrons. The van der Waals surface area contributed by atoms with Crippen molar-refractivity contribution in [2.45, 2.75) is 44.4 Å². The highest BCUT2D eigenvalue weighted by atomic mass is 32.1. The molecule has 1 aromatic heterocycles. The number of hydrogen-bond acceptors (Lipinski definition) is 1. The lowest BCUT2D eigenvalue weighted by molar-refractivity contribution is 0.594. The van der Waals surface area contributed by atoms with Crippen LogP contribution >= 0.6 is 11.3 Å². The summed E-state index contributed by atoms with van der Waals surface area (Å²) in [6.45, 7) is 0. The first-order valence-electron chi connectivity index (χ1n) is 4.92. The maximum Gasteiger partial charge on any atom is 0.0480 e. The molecule has 2 rings (SSSR count). The van der Waals surface area contributed by atoms with E-state index in [1.807, 2.05) is 0 Å². The molecule has 0 aromatic carbocycles. The Hall–Kier alpha value is -0.300. The zero-order chi connectivity index (χ0) is 8.23. The maximum atomic E-state index is 3.38. The third-order valence-electron chi connectivity index (χ3n) is 2.79. The van der Waals surface area contributed by atoms with E-state index < -0.39 is 0 Å². The second kappa shape index (κ2) is 4.08. The SMILES string of the molecule is [c]1sccc1C1CCCCCC1. The first-order valence-corrected chi connectivity index (χ1v) is 5.80. The Morgan fingerprint density at radius 1 is 1.17 bits per heavy atom. The van der Waals surface area contributed by atoms with E-state index in [1.54, 1.807) is 11.3 Å². The third-order valence-corrected chi connectivity index (χ3v) is 3.41. The Bertz CT molecular complexity index is 205. The van der Waals surface area contributed by atoms with Gasteiger partial charge in [-0.1, -0.05) is 25.7 Å². The van der Waals surface area contributed by atoms with Gasteiger partial charge in [0.2, 0.25) is 0 Å². The van der Waals surface area contributed by atoms with Crippen LogP contribution in [0.25, 0.3) is 0 Å². The largest absolute Gasteiger partial charge is 0.143 e. The van der Waals surface area contributed by atoms with Crippen LogP contribution in [0.3, 0.4) is 0 Å². The molecule has 1 fully saturated rings. The van der Waals surface area contributed by atoms with Gasteiger partial charge >= 0.3 is 0 Å². The Labute approximate surface area is 78.6 Å². The Morgan fingerprint density at radius 2 is 1.92 bits per heavy atom. The minimum atomic E-state index is 0.832. The predicted molar refractivity (Wildman–Crippen MR) is 53.6 cm³/mol. The minimum Gasteiger partial charge on any atom is -0.143 e. The molecule has 1 radical (unpaired) electrons. The smallest absolute Gasteiger partial charge is 0.0480 e. The van der Waals surface area contributed by atoms with Crippen molar-refractivity contribution in [1.29, 1.82) is 0 Å². The van der Waals surface area contributed by atoms with E-state index >= 15 is 0 Å². The summed E-state index contributed by atoms with van der Waals surface area (Å²) in [6, 6.07) is 2.25. The van der Waals surface area contributed by atoms with Gasteiger partial charge < -0.3 is 0 Å². The van der Waals surface area contributed by atoms with Crippen molar-refractivity contribution in [1.82, 2.24) is 0 Å². The first-order chi connectivity index (χ1) is 5.97. The van der Waals surface area contributed by atoms with E-state index in [9.17, 15) is 0 Å². The highest BCUT2D eigenvalue weighted by Crippen LogP contribution is 2.31. The summed E-state index contributed by atoms with van der Waals surface area (Å²) in [4.78, 5) is 0. The Balaban J connectivity index is 2.02. The summed E-state index contributed by atoms with van der Waals surface area (Å²) in [7, 11) is 0. The lowest BCUT2D eigenvalue weighted by Gasteiger charge is -2.10. The molecule has 1 aliphatic rings. The third kappa shape index (κ3) is 1.89. The van der Waals surface area contributed by atoms with Gasteiger partial charge in [0.05, 0.1) is 0 Å². The van der Waals surface area contributed by atoms with Crippen molar-refractivity contribution < 1.29 is 0 Å². The van der Waals surface area contributed by atoms with Crippen LogP contribution in [-0.2, 0) is 0 Å². The molecule has 1 heterocycles. The normalized spacial score (nSPS) is 20.7. The standard InChI is InChI=1S/C11H15S/c1-2-4-6-10(5-3-1)11-7-8-12-9-11/h7-8,10H,1-6H2. The van der Waals surface area contributed by atoms with E-state index in [4.69, 9.17) is 0 Å². The fourth-order valence-corrected chi connectivity index (χ4v) is 2.71. The van der Waals surface area contributed by atoms with Gasteiger partial charge in [0, 0.05) is 5.38 Å². The van der Waals surface area contributed by atoms with Crippen LogP contribution in [0, 0.1) is 5.38 Å². The van der Waals surface area contributed by atoms with E-state index in [0.717, 1.165) is 5.92 Å². The van der Waals surface area contributed by atoms with Crippen molar-refractivity contribution in [3.63, 3.8) is 0 Å². The van der Waals surface area contributed by atoms with E-state index in [2.05, 4.69) is 16.8 Å². The molecule has 12 heavy (non-hydrogen) atoms. The van der Waals surface area contributed by atoms with Crippen molar-refractivity contribution in [3.05, 3.63) is 22.4 Å². The topological polar surface area (TPSA) is 0 Å². The molecule has 0 aliphatic heterocycles. The average molecular weight is 179 g/mol. The lowest BCUT2D eigenvalue weighted by Crippen LogP contribution is -1.94. The van der Waals surface area contributed by atoms with Gasteiger partial charge in [0.15, 0.2) is 0 Å². The van der Waals surface area contributed by atoms with E-state index in [0.29, 0.717) is 0 Å². The Morgan fingerprint density at radius 3 is 2.50 bits per heavy atom. The van der Waals surface area contributed by atoms with Gasteiger partial charge in [-0.3, -0.25) is 0 Å². The van der Waals surface area contributed by atoms with Gasteiger partial charge in [-0.25, -0.2) is 0 Å². The summed E-state index contributed by atoms with van der Waals surface area (Å²) in [5.41, 5.74) is 1.47. The summed E-state index contributed by atoms with van der Waals surface area (Å²) in [6.07, 6.45) is 8.53. The molecule has 0 amide bonds. The summed E-state index contributed by atoms with van der Waals surface area (Å²) < 4.78 is 0. The zero-order valence-corrected chi connectivity index (χ0v) is 8.20. The molecular formula is C11H15S. The van der Waals surface area contributed by atoms with Crippen molar-refractivity contribution in [3.8, 4) is 0 Å². The number of thiophene rings is 1. The fourth-order valence-electron chi connectivity index (χ4n) is 2.05. The van der Waals surface area contributed by atoms with Crippen LogP contribution in [0.15, 0.2) is 11.4 Å². The van der Waals surface area contributed by atoms with Crippen LogP contribution < -0.4 is 0 Å². The molecule has 1 aromatic rings. The van der Waals surface area contributed by atoms with Gasteiger partial charge in [0.25, 0.3) is 0 Å². The van der Waals surface area contributed by atoms with E-state index in [-0.39, 0.29) is 0 Å². The summed E-state index contributed by atoms with van der Waals surface area (Å²) >= 11 is 1.72. The molecule has 0 N–H and O–H groups in total. The van der Waals surface area contributed by atoms with Gasteiger partial charge in [-0.05, 0) is 35.8 Å². The van der Waals surface area contributed by atoms with Gasteiger partial charge in [-0.2, -0.15) is 0 Å². The van der Waals surface area contributed by atoms with Crippen molar-refractivity contribution in [2.24, 2.45) is 0 Å². The highest BCUT2D eigenvalue weighted by molar-refractivity contribution is 7.07. The van der Waals surface area contributed by atoms with Gasteiger partial charge in [0.1, 0.15) is 0 Å². The monoisotopic (exact) mass is 179 g/mol. The molecule has 0 atom stereocenters. The Kier molecular flexibility index (Phi) is 2.83. The maximum absolute atomic E-state index is 3.38. The average Bonchev–Trinajstić information content (AvgIpc) is 2.48. The minimum absolute atomic E-state index is 0.832. The molecule has 1 aliphatic carbocycles. The molecule has 0 unspecified atom stereocenters. The highest BCUT2D eigenvalue weighted by Gasteiger charge is 2.14. The van der Waals surface area contributed by atoms with Crippen LogP contribution in [-0.4, -0.2) is 0 Å². The molecule has 0 bridgehead atoms. The number of hydrogen-bond donors (Lipinski definition) is 0. The van der Waals surface area contributed by atoms with Crippen LogP contribution in [0.1, 0.15) is 50.0 Å². The van der Waals surface area contributed by atoms with Crippen molar-refractivity contribution in [2.75, 3.05) is 0 Å². The first kappa shape index (κ1) is 8.31. The molecule has 1 heteroatoms. The van der Waals surface area contributed by atoms with E-state index in [1.165, 1.54) is 44.1 Å². The second-order valence-electron chi connectivity index (χ2n) is 3.67. The molecule has 0 saturated heterocycles. The molecular weight excluding hydrogens is 164 g/mol. The van der Waals surface area contributed by atoms with Gasteiger partial charge in [-0.15, -0.1) is 11.3 Å². The molecule has 0 nitrogen and oxygen atoms in total. The number of rotatable bonds is 1. The molecule has 1 saturated carbocycles. The fraction of sp³-hybridized carbons (Fsp3) is 0.636. The van der Waals surface area contributed by atoms with Crippen LogP contribution in [0.5, 0.6) is 0 Å². The van der Waals surface area contributed by atoms with Crippen LogP contribution in [0.2, 0.25) is 0 Å². The summed E-state index contributed by atoms with van der Waals surface area (Å²) in [5, 5.41) is 5.53. The predicted octanol–water partition coefficient (Wildman–Crippen LogP) is 3.99. The zero-order valence-electron chi connectivity index (χ0n) is 7.38.